The van der Waals surface area contributed by atoms with Gasteiger partial charge in [0.25, 0.3) is 0 Å². The first-order valence-corrected chi connectivity index (χ1v) is 11.0. The van der Waals surface area contributed by atoms with Crippen LogP contribution in [0.2, 0.25) is 0 Å². The number of amides is 1. The SMILES string of the molecule is CC(=O)Nc1sc2c(c1[C@H](c1cccnc1)N1CCC(C)CC1)CCCC2. The Labute approximate surface area is 166 Å². The highest BCUT2D eigenvalue weighted by molar-refractivity contribution is 7.16. The quantitative estimate of drug-likeness (QED) is 0.825. The van der Waals surface area contributed by atoms with Crippen LogP contribution in [0.1, 0.15) is 67.1 Å². The van der Waals surface area contributed by atoms with Crippen LogP contribution in [0.3, 0.4) is 0 Å². The number of piperidine rings is 1. The fourth-order valence-corrected chi connectivity index (χ4v) is 5.88. The smallest absolute Gasteiger partial charge is 0.221 e. The average Bonchev–Trinajstić information content (AvgIpc) is 3.02. The van der Waals surface area contributed by atoms with Gasteiger partial charge in [-0.15, -0.1) is 11.3 Å². The van der Waals surface area contributed by atoms with Crippen LogP contribution in [-0.2, 0) is 17.6 Å². The van der Waals surface area contributed by atoms with Crippen LogP contribution in [0.25, 0.3) is 0 Å². The molecule has 2 aromatic heterocycles. The molecule has 144 valence electrons. The molecule has 27 heavy (non-hydrogen) atoms. The molecule has 0 aromatic carbocycles. The number of nitrogens with zero attached hydrogens (tertiary/aromatic N) is 2. The minimum absolute atomic E-state index is 0.0204. The topological polar surface area (TPSA) is 45.2 Å². The Morgan fingerprint density at radius 1 is 1.30 bits per heavy atom. The van der Waals surface area contributed by atoms with E-state index < -0.39 is 0 Å². The second-order valence-corrected chi connectivity index (χ2v) is 9.15. The molecule has 2 aromatic rings. The van der Waals surface area contributed by atoms with Crippen molar-refractivity contribution < 1.29 is 4.79 Å². The van der Waals surface area contributed by atoms with Gasteiger partial charge in [-0.1, -0.05) is 13.0 Å². The standard InChI is InChI=1S/C22H29N3OS/c1-15-9-12-25(13-10-15)21(17-6-5-11-23-14-17)20-18-7-3-4-8-19(18)27-22(20)24-16(2)26/h5-6,11,14-15,21H,3-4,7-10,12-13H2,1-2H3,(H,24,26)/t21-/m0/s1. The van der Waals surface area contributed by atoms with Gasteiger partial charge in [-0.2, -0.15) is 0 Å². The highest BCUT2D eigenvalue weighted by Crippen LogP contribution is 2.46. The first-order chi connectivity index (χ1) is 13.1. The van der Waals surface area contributed by atoms with E-state index in [1.165, 1.54) is 47.3 Å². The molecular formula is C22H29N3OS. The lowest BCUT2D eigenvalue weighted by Crippen LogP contribution is -2.37. The molecule has 0 bridgehead atoms. The predicted molar refractivity (Wildman–Crippen MR) is 111 cm³/mol. The van der Waals surface area contributed by atoms with E-state index in [-0.39, 0.29) is 11.9 Å². The molecule has 3 heterocycles. The van der Waals surface area contributed by atoms with Gasteiger partial charge >= 0.3 is 0 Å². The van der Waals surface area contributed by atoms with Crippen molar-refractivity contribution in [3.05, 3.63) is 46.1 Å². The molecule has 1 amide bonds. The molecule has 0 unspecified atom stereocenters. The van der Waals surface area contributed by atoms with Crippen LogP contribution in [0.4, 0.5) is 5.00 Å². The summed E-state index contributed by atoms with van der Waals surface area (Å²) in [5.74, 6) is 0.814. The number of aryl methyl sites for hydroxylation is 1. The van der Waals surface area contributed by atoms with Gasteiger partial charge in [-0.25, -0.2) is 0 Å². The fraction of sp³-hybridized carbons (Fsp3) is 0.545. The Balaban J connectivity index is 1.82. The number of hydrogen-bond acceptors (Lipinski definition) is 4. The van der Waals surface area contributed by atoms with Crippen LogP contribution in [0, 0.1) is 5.92 Å². The monoisotopic (exact) mass is 383 g/mol. The summed E-state index contributed by atoms with van der Waals surface area (Å²) in [6.45, 7) is 6.17. The Morgan fingerprint density at radius 2 is 2.07 bits per heavy atom. The molecule has 0 saturated carbocycles. The van der Waals surface area contributed by atoms with E-state index in [2.05, 4.69) is 28.2 Å². The van der Waals surface area contributed by atoms with Crippen molar-refractivity contribution in [2.24, 2.45) is 5.92 Å². The van der Waals surface area contributed by atoms with E-state index in [0.29, 0.717) is 0 Å². The summed E-state index contributed by atoms with van der Waals surface area (Å²) >= 11 is 1.80. The zero-order valence-corrected chi connectivity index (χ0v) is 17.1. The Bertz CT molecular complexity index is 793. The number of fused-ring (bicyclic) bond motifs is 1. The molecule has 4 nitrogen and oxygen atoms in total. The van der Waals surface area contributed by atoms with Gasteiger partial charge in [0.2, 0.25) is 5.91 Å². The van der Waals surface area contributed by atoms with Gasteiger partial charge in [-0.3, -0.25) is 14.7 Å². The number of aromatic nitrogens is 1. The zero-order chi connectivity index (χ0) is 18.8. The van der Waals surface area contributed by atoms with E-state index in [9.17, 15) is 4.79 Å². The van der Waals surface area contributed by atoms with Crippen LogP contribution in [0.5, 0.6) is 0 Å². The Kier molecular flexibility index (Phi) is 5.60. The number of rotatable bonds is 4. The number of likely N-dealkylation sites (tertiary alicyclic amines) is 1. The van der Waals surface area contributed by atoms with Crippen LogP contribution in [-0.4, -0.2) is 28.9 Å². The highest BCUT2D eigenvalue weighted by atomic mass is 32.1. The number of pyridine rings is 1. The molecule has 0 spiro atoms. The predicted octanol–water partition coefficient (Wildman–Crippen LogP) is 4.80. The van der Waals surface area contributed by atoms with Gasteiger partial charge in [0.15, 0.2) is 0 Å². The van der Waals surface area contributed by atoms with Gasteiger partial charge < -0.3 is 5.32 Å². The van der Waals surface area contributed by atoms with E-state index in [4.69, 9.17) is 0 Å². The molecule has 4 rings (SSSR count). The van der Waals surface area contributed by atoms with E-state index in [1.807, 2.05) is 18.5 Å². The number of hydrogen-bond donors (Lipinski definition) is 1. The number of anilines is 1. The second-order valence-electron chi connectivity index (χ2n) is 8.04. The van der Waals surface area contributed by atoms with Crippen molar-refractivity contribution in [1.82, 2.24) is 9.88 Å². The molecule has 1 fully saturated rings. The lowest BCUT2D eigenvalue weighted by molar-refractivity contribution is -0.114. The van der Waals surface area contributed by atoms with Crippen molar-refractivity contribution in [3.63, 3.8) is 0 Å². The number of carbonyl (C=O) groups excluding carboxylic acids is 1. The molecule has 0 radical (unpaired) electrons. The van der Waals surface area contributed by atoms with Crippen molar-refractivity contribution >= 4 is 22.2 Å². The first-order valence-electron chi connectivity index (χ1n) is 10.2. The van der Waals surface area contributed by atoms with Crippen LogP contribution < -0.4 is 5.32 Å². The number of nitrogens with one attached hydrogen (secondary N) is 1. The lowest BCUT2D eigenvalue weighted by Gasteiger charge is -2.38. The van der Waals surface area contributed by atoms with Gasteiger partial charge in [0.1, 0.15) is 5.00 Å². The van der Waals surface area contributed by atoms with E-state index in [1.54, 1.807) is 18.3 Å². The summed E-state index contributed by atoms with van der Waals surface area (Å²) in [5, 5.41) is 4.22. The highest BCUT2D eigenvalue weighted by Gasteiger charge is 2.33. The zero-order valence-electron chi connectivity index (χ0n) is 16.3. The molecule has 1 saturated heterocycles. The fourth-order valence-electron chi connectivity index (χ4n) is 4.52. The molecule has 2 aliphatic rings. The first kappa shape index (κ1) is 18.6. The Hall–Kier alpha value is -1.72. The third-order valence-corrected chi connectivity index (χ3v) is 7.18. The van der Waals surface area contributed by atoms with Crippen LogP contribution in [0.15, 0.2) is 24.5 Å². The Morgan fingerprint density at radius 3 is 2.78 bits per heavy atom. The minimum atomic E-state index is 0.0204. The van der Waals surface area contributed by atoms with E-state index >= 15 is 0 Å². The largest absolute Gasteiger partial charge is 0.318 e. The van der Waals surface area contributed by atoms with Crippen molar-refractivity contribution in [2.75, 3.05) is 18.4 Å². The normalized spacial score (nSPS) is 19.5. The summed E-state index contributed by atoms with van der Waals surface area (Å²) < 4.78 is 0. The summed E-state index contributed by atoms with van der Waals surface area (Å²) in [6, 6.07) is 4.41. The number of thiophene rings is 1. The molecule has 5 heteroatoms. The summed E-state index contributed by atoms with van der Waals surface area (Å²) in [6.07, 6.45) is 11.1. The molecule has 1 aliphatic carbocycles. The van der Waals surface area contributed by atoms with Gasteiger partial charge in [0, 0.05) is 29.8 Å². The maximum Gasteiger partial charge on any atom is 0.221 e. The summed E-state index contributed by atoms with van der Waals surface area (Å²) in [7, 11) is 0. The van der Waals surface area contributed by atoms with Crippen LogP contribution >= 0.6 is 11.3 Å². The summed E-state index contributed by atoms with van der Waals surface area (Å²) in [4.78, 5) is 20.4. The van der Waals surface area contributed by atoms with Crippen molar-refractivity contribution in [3.8, 4) is 0 Å². The van der Waals surface area contributed by atoms with Crippen molar-refractivity contribution in [1.29, 1.82) is 0 Å². The van der Waals surface area contributed by atoms with Crippen molar-refractivity contribution in [2.45, 2.75) is 58.4 Å². The third-order valence-electron chi connectivity index (χ3n) is 5.96. The lowest BCUT2D eigenvalue weighted by atomic mass is 9.87. The second kappa shape index (κ2) is 8.11. The maximum absolute atomic E-state index is 11.9. The summed E-state index contributed by atoms with van der Waals surface area (Å²) in [5.41, 5.74) is 4.07. The molecular weight excluding hydrogens is 354 g/mol. The van der Waals surface area contributed by atoms with E-state index in [0.717, 1.165) is 36.9 Å². The molecule has 1 aliphatic heterocycles. The third kappa shape index (κ3) is 3.94. The molecule has 1 atom stereocenters. The van der Waals surface area contributed by atoms with Gasteiger partial charge in [-0.05, 0) is 74.7 Å². The minimum Gasteiger partial charge on any atom is -0.318 e. The average molecular weight is 384 g/mol. The van der Waals surface area contributed by atoms with Gasteiger partial charge in [0.05, 0.1) is 6.04 Å². The maximum atomic E-state index is 11.9. The molecule has 1 N–H and O–H groups in total. The number of carbonyl (C=O) groups is 1.